The van der Waals surface area contributed by atoms with Crippen LogP contribution in [0.15, 0.2) is 36.4 Å². The van der Waals surface area contributed by atoms with Crippen LogP contribution in [0.2, 0.25) is 0 Å². The Balaban J connectivity index is 1.26. The van der Waals surface area contributed by atoms with Gasteiger partial charge >= 0.3 is 0 Å². The highest BCUT2D eigenvalue weighted by Gasteiger charge is 2.49. The van der Waals surface area contributed by atoms with Crippen molar-refractivity contribution in [3.05, 3.63) is 53.1 Å². The van der Waals surface area contributed by atoms with E-state index in [0.717, 1.165) is 32.5 Å². The van der Waals surface area contributed by atoms with E-state index in [9.17, 15) is 14.4 Å². The molecule has 10 nitrogen and oxygen atoms in total. The molecule has 0 N–H and O–H groups in total. The molecular weight excluding hydrogens is 560 g/mol. The molecule has 0 saturated carbocycles. The van der Waals surface area contributed by atoms with Crippen LogP contribution in [0.5, 0.6) is 11.5 Å². The molecule has 236 valence electrons. The summed E-state index contributed by atoms with van der Waals surface area (Å²) >= 11 is 0. The minimum atomic E-state index is -0.677. The zero-order valence-electron chi connectivity index (χ0n) is 26.1. The third kappa shape index (κ3) is 5.43. The van der Waals surface area contributed by atoms with Gasteiger partial charge < -0.3 is 28.9 Å². The van der Waals surface area contributed by atoms with Crippen molar-refractivity contribution in [1.29, 1.82) is 0 Å². The topological polar surface area (TPSA) is 91.9 Å². The number of amides is 3. The minimum Gasteiger partial charge on any atom is -0.493 e. The number of hydrogen-bond donors (Lipinski definition) is 0. The molecule has 3 atom stereocenters. The van der Waals surface area contributed by atoms with E-state index in [-0.39, 0.29) is 30.7 Å². The number of para-hydroxylation sites is 1. The maximum Gasteiger partial charge on any atom is 0.264 e. The predicted octanol–water partition coefficient (Wildman–Crippen LogP) is 4.34. The van der Waals surface area contributed by atoms with Crippen molar-refractivity contribution in [3.63, 3.8) is 0 Å². The molecule has 2 saturated heterocycles. The highest BCUT2D eigenvalue weighted by atomic mass is 16.5. The van der Waals surface area contributed by atoms with Crippen LogP contribution in [0, 0.1) is 5.92 Å². The van der Waals surface area contributed by atoms with Gasteiger partial charge in [-0.3, -0.25) is 19.3 Å². The standard InChI is InChI=1S/C34H44N4O6/c1-42-21-9-19-36(22-23-10-8-18-35-17-7-6-12-26(23)35)29(39)16-20-37-32-25-14-15-28(43-2)31(44-3)30(25)34(41)38(32)27-13-5-4-11-24(27)33(37)40/h4-5,11,13-15,23,26,32H,6-10,12,16-22H2,1-3H3/t23-,26+,32-/m0/s1. The summed E-state index contributed by atoms with van der Waals surface area (Å²) in [4.78, 5) is 49.9. The summed E-state index contributed by atoms with van der Waals surface area (Å²) in [5.74, 6) is 0.833. The summed E-state index contributed by atoms with van der Waals surface area (Å²) in [6, 6.07) is 11.3. The molecule has 2 aromatic carbocycles. The lowest BCUT2D eigenvalue weighted by Gasteiger charge is -2.46. The van der Waals surface area contributed by atoms with Crippen molar-refractivity contribution in [2.45, 2.75) is 57.2 Å². The van der Waals surface area contributed by atoms with Gasteiger partial charge in [-0.15, -0.1) is 0 Å². The van der Waals surface area contributed by atoms with Gasteiger partial charge in [0.1, 0.15) is 6.17 Å². The summed E-state index contributed by atoms with van der Waals surface area (Å²) in [6.45, 7) is 4.45. The second kappa shape index (κ2) is 13.2. The first-order valence-corrected chi connectivity index (χ1v) is 16.0. The lowest BCUT2D eigenvalue weighted by molar-refractivity contribution is -0.133. The fourth-order valence-corrected chi connectivity index (χ4v) is 7.82. The molecule has 0 spiro atoms. The first-order chi connectivity index (χ1) is 21.5. The van der Waals surface area contributed by atoms with Crippen LogP contribution in [-0.4, -0.2) is 99.1 Å². The largest absolute Gasteiger partial charge is 0.493 e. The molecule has 0 unspecified atom stereocenters. The SMILES string of the molecule is COCCCN(C[C@@H]1CCCN2CCCC[C@H]12)C(=O)CCN1C(=O)c2ccccc2N2C(=O)c3c(ccc(OC)c3OC)[C@@H]12. The Hall–Kier alpha value is -3.63. The van der Waals surface area contributed by atoms with Crippen LogP contribution in [0.25, 0.3) is 0 Å². The van der Waals surface area contributed by atoms with Crippen molar-refractivity contribution in [1.82, 2.24) is 14.7 Å². The van der Waals surface area contributed by atoms with Crippen LogP contribution in [0.4, 0.5) is 5.69 Å². The molecular formula is C34H44N4O6. The van der Waals surface area contributed by atoms with E-state index in [2.05, 4.69) is 4.90 Å². The van der Waals surface area contributed by atoms with E-state index >= 15 is 0 Å². The van der Waals surface area contributed by atoms with Gasteiger partial charge in [0.15, 0.2) is 11.5 Å². The number of fused-ring (bicyclic) bond motifs is 6. The molecule has 0 radical (unpaired) electrons. The second-order valence-corrected chi connectivity index (χ2v) is 12.3. The van der Waals surface area contributed by atoms with E-state index in [1.165, 1.54) is 39.9 Å². The monoisotopic (exact) mass is 604 g/mol. The average molecular weight is 605 g/mol. The number of nitrogens with zero attached hydrogens (tertiary/aromatic N) is 4. The number of hydrogen-bond acceptors (Lipinski definition) is 7. The van der Waals surface area contributed by atoms with E-state index in [0.29, 0.717) is 59.0 Å². The van der Waals surface area contributed by atoms with Crippen molar-refractivity contribution in [2.24, 2.45) is 5.92 Å². The molecule has 4 aliphatic rings. The van der Waals surface area contributed by atoms with Crippen LogP contribution in [-0.2, 0) is 9.53 Å². The Morgan fingerprint density at radius 2 is 1.77 bits per heavy atom. The van der Waals surface area contributed by atoms with Crippen LogP contribution in [0.3, 0.4) is 0 Å². The van der Waals surface area contributed by atoms with Crippen molar-refractivity contribution in [2.75, 3.05) is 65.6 Å². The first-order valence-electron chi connectivity index (χ1n) is 16.0. The van der Waals surface area contributed by atoms with E-state index in [4.69, 9.17) is 14.2 Å². The number of benzene rings is 2. The summed E-state index contributed by atoms with van der Waals surface area (Å²) in [5.41, 5.74) is 2.05. The molecule has 10 heteroatoms. The van der Waals surface area contributed by atoms with Crippen LogP contribution >= 0.6 is 0 Å². The minimum absolute atomic E-state index is 0.0316. The van der Waals surface area contributed by atoms with E-state index in [1.54, 1.807) is 41.2 Å². The van der Waals surface area contributed by atoms with Crippen molar-refractivity contribution < 1.29 is 28.6 Å². The molecule has 4 aliphatic heterocycles. The maximum atomic E-state index is 14.0. The van der Waals surface area contributed by atoms with Gasteiger partial charge in [0.2, 0.25) is 5.91 Å². The van der Waals surface area contributed by atoms with Crippen molar-refractivity contribution in [3.8, 4) is 11.5 Å². The summed E-state index contributed by atoms with van der Waals surface area (Å²) in [5, 5.41) is 0. The smallest absolute Gasteiger partial charge is 0.264 e. The highest BCUT2D eigenvalue weighted by Crippen LogP contribution is 2.49. The Morgan fingerprint density at radius 3 is 2.57 bits per heavy atom. The fourth-order valence-electron chi connectivity index (χ4n) is 7.82. The van der Waals surface area contributed by atoms with E-state index < -0.39 is 6.17 Å². The third-order valence-corrected chi connectivity index (χ3v) is 9.86. The zero-order chi connectivity index (χ0) is 30.8. The number of piperidine rings is 2. The van der Waals surface area contributed by atoms with Gasteiger partial charge in [0.25, 0.3) is 11.8 Å². The molecule has 3 amide bonds. The molecule has 2 fully saturated rings. The Morgan fingerprint density at radius 1 is 0.955 bits per heavy atom. The predicted molar refractivity (Wildman–Crippen MR) is 166 cm³/mol. The molecule has 44 heavy (non-hydrogen) atoms. The maximum absolute atomic E-state index is 14.0. The third-order valence-electron chi connectivity index (χ3n) is 9.86. The molecule has 4 heterocycles. The Bertz CT molecular complexity index is 1400. The first kappa shape index (κ1) is 30.4. The number of carbonyl (C=O) groups is 3. The number of rotatable bonds is 11. The van der Waals surface area contributed by atoms with Gasteiger partial charge in [-0.25, -0.2) is 0 Å². The van der Waals surface area contributed by atoms with Crippen LogP contribution < -0.4 is 14.4 Å². The molecule has 2 aromatic rings. The fraction of sp³-hybridized carbons (Fsp3) is 0.559. The number of ether oxygens (including phenoxy) is 3. The summed E-state index contributed by atoms with van der Waals surface area (Å²) < 4.78 is 16.4. The Kier molecular flexibility index (Phi) is 9.09. The summed E-state index contributed by atoms with van der Waals surface area (Å²) in [7, 11) is 4.73. The number of carbonyl (C=O) groups excluding carboxylic acids is 3. The van der Waals surface area contributed by atoms with Crippen molar-refractivity contribution >= 4 is 23.4 Å². The average Bonchev–Trinajstić information content (AvgIpc) is 3.35. The lowest BCUT2D eigenvalue weighted by atomic mass is 9.83. The quantitative estimate of drug-likeness (QED) is 0.353. The van der Waals surface area contributed by atoms with Crippen LogP contribution in [0.1, 0.15) is 77.4 Å². The number of anilines is 1. The summed E-state index contributed by atoms with van der Waals surface area (Å²) in [6.07, 6.45) is 6.27. The zero-order valence-corrected chi connectivity index (χ0v) is 26.1. The van der Waals surface area contributed by atoms with Gasteiger partial charge in [-0.05, 0) is 69.3 Å². The molecule has 0 bridgehead atoms. The van der Waals surface area contributed by atoms with Gasteiger partial charge in [0, 0.05) is 51.4 Å². The van der Waals surface area contributed by atoms with Gasteiger partial charge in [0.05, 0.1) is 31.0 Å². The second-order valence-electron chi connectivity index (χ2n) is 12.3. The Labute approximate surface area is 259 Å². The highest BCUT2D eigenvalue weighted by molar-refractivity contribution is 6.18. The normalized spacial score (nSPS) is 22.7. The van der Waals surface area contributed by atoms with Gasteiger partial charge in [-0.2, -0.15) is 0 Å². The van der Waals surface area contributed by atoms with E-state index in [1.807, 2.05) is 17.0 Å². The molecule has 0 aromatic heterocycles. The van der Waals surface area contributed by atoms with Gasteiger partial charge in [-0.1, -0.05) is 24.6 Å². The lowest BCUT2D eigenvalue weighted by Crippen LogP contribution is -2.52. The molecule has 6 rings (SSSR count). The number of methoxy groups -OCH3 is 3. The molecule has 0 aliphatic carbocycles.